The average Bonchev–Trinajstić information content (AvgIpc) is 2.77. The molecule has 1 aromatic heterocycles. The van der Waals surface area contributed by atoms with Crippen LogP contribution in [0.1, 0.15) is 12.7 Å². The van der Waals surface area contributed by atoms with Crippen molar-refractivity contribution >= 4 is 23.6 Å². The molecule has 0 aliphatic rings. The molecule has 0 radical (unpaired) electrons. The predicted octanol–water partition coefficient (Wildman–Crippen LogP) is 4.09. The van der Waals surface area contributed by atoms with Crippen LogP contribution in [0.3, 0.4) is 0 Å². The third kappa shape index (κ3) is 2.81. The maximum absolute atomic E-state index is 10.7. The summed E-state index contributed by atoms with van der Waals surface area (Å²) in [4.78, 5) is 10.7. The maximum atomic E-state index is 10.7. The number of furan rings is 1. The van der Waals surface area contributed by atoms with Crippen molar-refractivity contribution in [1.82, 2.24) is 0 Å². The van der Waals surface area contributed by atoms with Crippen molar-refractivity contribution in [3.8, 4) is 11.3 Å². The van der Waals surface area contributed by atoms with Gasteiger partial charge in [-0.25, -0.2) is 4.79 Å². The second-order valence-electron chi connectivity index (χ2n) is 3.84. The molecule has 18 heavy (non-hydrogen) atoms. The number of carboxylic acid groups (broad SMARTS) is 1. The van der Waals surface area contributed by atoms with Gasteiger partial charge >= 0.3 is 5.97 Å². The van der Waals surface area contributed by atoms with E-state index in [1.165, 1.54) is 13.0 Å². The Labute approximate surface area is 109 Å². The Kier molecular flexibility index (Phi) is 3.53. The van der Waals surface area contributed by atoms with Gasteiger partial charge in [0, 0.05) is 16.2 Å². The molecule has 2 aromatic rings. The molecule has 2 rings (SSSR count). The third-order valence-electron chi connectivity index (χ3n) is 2.43. The highest BCUT2D eigenvalue weighted by molar-refractivity contribution is 6.30. The molecule has 0 fully saturated rings. The summed E-state index contributed by atoms with van der Waals surface area (Å²) < 4.78 is 5.55. The molecule has 0 saturated heterocycles. The van der Waals surface area contributed by atoms with Gasteiger partial charge in [-0.2, -0.15) is 0 Å². The Morgan fingerprint density at radius 2 is 2.11 bits per heavy atom. The predicted molar refractivity (Wildman–Crippen MR) is 70.4 cm³/mol. The molecular weight excluding hydrogens is 252 g/mol. The highest BCUT2D eigenvalue weighted by Crippen LogP contribution is 2.25. The molecule has 1 aromatic carbocycles. The van der Waals surface area contributed by atoms with E-state index < -0.39 is 5.97 Å². The molecule has 92 valence electrons. The van der Waals surface area contributed by atoms with Gasteiger partial charge in [0.2, 0.25) is 0 Å². The first-order valence-corrected chi connectivity index (χ1v) is 5.71. The summed E-state index contributed by atoms with van der Waals surface area (Å²) in [5, 5.41) is 9.40. The number of aliphatic carboxylic acids is 1. The Balaban J connectivity index is 2.31. The summed E-state index contributed by atoms with van der Waals surface area (Å²) in [7, 11) is 0. The van der Waals surface area contributed by atoms with Crippen molar-refractivity contribution in [2.24, 2.45) is 0 Å². The summed E-state index contributed by atoms with van der Waals surface area (Å²) in [6.45, 7) is 1.52. The van der Waals surface area contributed by atoms with Crippen LogP contribution in [0.25, 0.3) is 17.4 Å². The van der Waals surface area contributed by atoms with Gasteiger partial charge in [-0.3, -0.25) is 0 Å². The van der Waals surface area contributed by atoms with Crippen molar-refractivity contribution in [2.45, 2.75) is 6.92 Å². The van der Waals surface area contributed by atoms with E-state index in [2.05, 4.69) is 0 Å². The summed E-state index contributed by atoms with van der Waals surface area (Å²) >= 11 is 5.90. The van der Waals surface area contributed by atoms with Gasteiger partial charge in [0.15, 0.2) is 0 Å². The molecule has 1 heterocycles. The van der Waals surface area contributed by atoms with Crippen molar-refractivity contribution in [1.29, 1.82) is 0 Å². The SMILES string of the molecule is C/C(=C\c1ccc(-c2cccc(Cl)c2)o1)C(=O)O. The third-order valence-corrected chi connectivity index (χ3v) is 2.67. The van der Waals surface area contributed by atoms with Gasteiger partial charge in [-0.05, 0) is 37.3 Å². The number of hydrogen-bond acceptors (Lipinski definition) is 2. The first kappa shape index (κ1) is 12.5. The fourth-order valence-corrected chi connectivity index (χ4v) is 1.69. The highest BCUT2D eigenvalue weighted by Gasteiger charge is 2.06. The van der Waals surface area contributed by atoms with Crippen molar-refractivity contribution in [3.05, 3.63) is 52.8 Å². The van der Waals surface area contributed by atoms with Gasteiger partial charge in [0.25, 0.3) is 0 Å². The lowest BCUT2D eigenvalue weighted by molar-refractivity contribution is -0.132. The molecule has 4 heteroatoms. The Morgan fingerprint density at radius 3 is 2.78 bits per heavy atom. The maximum Gasteiger partial charge on any atom is 0.331 e. The summed E-state index contributed by atoms with van der Waals surface area (Å²) in [6, 6.07) is 10.8. The standard InChI is InChI=1S/C14H11ClO3/c1-9(14(16)17)7-12-5-6-13(18-12)10-3-2-4-11(15)8-10/h2-8H,1H3,(H,16,17)/b9-7+. The molecule has 0 unspecified atom stereocenters. The van der Waals surface area contributed by atoms with Crippen LogP contribution in [0, 0.1) is 0 Å². The summed E-state index contributed by atoms with van der Waals surface area (Å²) in [5.74, 6) is 0.197. The van der Waals surface area contributed by atoms with Crippen LogP contribution in [-0.2, 0) is 4.79 Å². The highest BCUT2D eigenvalue weighted by atomic mass is 35.5. The Hall–Kier alpha value is -2.00. The fraction of sp³-hybridized carbons (Fsp3) is 0.0714. The zero-order valence-corrected chi connectivity index (χ0v) is 10.4. The van der Waals surface area contributed by atoms with Crippen molar-refractivity contribution in [3.63, 3.8) is 0 Å². The van der Waals surface area contributed by atoms with Gasteiger partial charge in [0.1, 0.15) is 11.5 Å². The topological polar surface area (TPSA) is 50.4 Å². The van der Waals surface area contributed by atoms with Crippen LogP contribution < -0.4 is 0 Å². The normalized spacial score (nSPS) is 11.6. The van der Waals surface area contributed by atoms with E-state index in [9.17, 15) is 4.79 Å². The molecule has 1 N–H and O–H groups in total. The average molecular weight is 263 g/mol. The minimum Gasteiger partial charge on any atom is -0.478 e. The fourth-order valence-electron chi connectivity index (χ4n) is 1.50. The van der Waals surface area contributed by atoms with Crippen molar-refractivity contribution in [2.75, 3.05) is 0 Å². The van der Waals surface area contributed by atoms with Crippen LogP contribution >= 0.6 is 11.6 Å². The Morgan fingerprint density at radius 1 is 1.33 bits per heavy atom. The zero-order valence-electron chi connectivity index (χ0n) is 9.68. The largest absolute Gasteiger partial charge is 0.478 e. The minimum atomic E-state index is -0.962. The van der Waals surface area contributed by atoms with Gasteiger partial charge in [-0.1, -0.05) is 23.7 Å². The first-order valence-electron chi connectivity index (χ1n) is 5.33. The molecule has 0 bridgehead atoms. The first-order chi connectivity index (χ1) is 8.56. The van der Waals surface area contributed by atoms with Gasteiger partial charge in [0.05, 0.1) is 0 Å². The summed E-state index contributed by atoms with van der Waals surface area (Å²) in [5.41, 5.74) is 1.08. The second kappa shape index (κ2) is 5.10. The van der Waals surface area contributed by atoms with Crippen LogP contribution in [0.4, 0.5) is 0 Å². The van der Waals surface area contributed by atoms with E-state index in [4.69, 9.17) is 21.1 Å². The van der Waals surface area contributed by atoms with E-state index >= 15 is 0 Å². The smallest absolute Gasteiger partial charge is 0.331 e. The number of carboxylic acids is 1. The second-order valence-corrected chi connectivity index (χ2v) is 4.28. The van der Waals surface area contributed by atoms with Crippen LogP contribution in [-0.4, -0.2) is 11.1 Å². The number of carbonyl (C=O) groups is 1. The number of hydrogen-bond donors (Lipinski definition) is 1. The Bertz CT molecular complexity index is 611. The van der Waals surface area contributed by atoms with Crippen LogP contribution in [0.5, 0.6) is 0 Å². The van der Waals surface area contributed by atoms with Crippen LogP contribution in [0.2, 0.25) is 5.02 Å². The minimum absolute atomic E-state index is 0.224. The van der Waals surface area contributed by atoms with E-state index in [1.54, 1.807) is 24.3 Å². The molecule has 0 aliphatic carbocycles. The molecule has 0 atom stereocenters. The lowest BCUT2D eigenvalue weighted by atomic mass is 10.2. The van der Waals surface area contributed by atoms with E-state index in [0.717, 1.165) is 5.56 Å². The molecule has 0 saturated carbocycles. The molecule has 0 aliphatic heterocycles. The lowest BCUT2D eigenvalue weighted by Crippen LogP contribution is -1.94. The van der Waals surface area contributed by atoms with Gasteiger partial charge < -0.3 is 9.52 Å². The number of benzene rings is 1. The van der Waals surface area contributed by atoms with E-state index in [-0.39, 0.29) is 5.57 Å². The van der Waals surface area contributed by atoms with E-state index in [0.29, 0.717) is 16.5 Å². The monoisotopic (exact) mass is 262 g/mol. The van der Waals surface area contributed by atoms with Gasteiger partial charge in [-0.15, -0.1) is 0 Å². The number of rotatable bonds is 3. The zero-order chi connectivity index (χ0) is 13.1. The summed E-state index contributed by atoms with van der Waals surface area (Å²) in [6.07, 6.45) is 1.48. The molecular formula is C14H11ClO3. The lowest BCUT2D eigenvalue weighted by Gasteiger charge is -1.97. The van der Waals surface area contributed by atoms with Crippen molar-refractivity contribution < 1.29 is 14.3 Å². The molecule has 3 nitrogen and oxygen atoms in total. The molecule has 0 spiro atoms. The van der Waals surface area contributed by atoms with E-state index in [1.807, 2.05) is 12.1 Å². The molecule has 0 amide bonds. The van der Waals surface area contributed by atoms with Crippen LogP contribution in [0.15, 0.2) is 46.4 Å². The number of halogens is 1. The quantitative estimate of drug-likeness (QED) is 0.848.